The number of ether oxygens (including phenoxy) is 1. The average molecular weight is 485 g/mol. The number of carbonyl (C=O) groups is 1. The summed E-state index contributed by atoms with van der Waals surface area (Å²) < 4.78 is 7.13. The van der Waals surface area contributed by atoms with Crippen LogP contribution in [0.2, 0.25) is 0 Å². The Kier molecular flexibility index (Phi) is 6.84. The Bertz CT molecular complexity index is 1470. The van der Waals surface area contributed by atoms with Crippen molar-refractivity contribution in [3.63, 3.8) is 0 Å². The molecule has 5 aromatic rings. The summed E-state index contributed by atoms with van der Waals surface area (Å²) in [7, 11) is 0. The molecule has 5 nitrogen and oxygen atoms in total. The first kappa shape index (κ1) is 23.1. The molecule has 0 aliphatic heterocycles. The molecule has 35 heavy (non-hydrogen) atoms. The number of nitrogens with one attached hydrogen (secondary N) is 2. The number of hydrogen-bond acceptors (Lipinski definition) is 4. The third kappa shape index (κ3) is 4.81. The molecule has 5 rings (SSSR count). The van der Waals surface area contributed by atoms with Crippen LogP contribution in [0.1, 0.15) is 29.3 Å². The van der Waals surface area contributed by atoms with Gasteiger partial charge in [0.25, 0.3) is 5.91 Å². The lowest BCUT2D eigenvalue weighted by molar-refractivity contribution is 0.0912. The van der Waals surface area contributed by atoms with E-state index in [1.165, 1.54) is 10.1 Å². The molecule has 1 atom stereocenters. The summed E-state index contributed by atoms with van der Waals surface area (Å²) in [6, 6.07) is 21.7. The van der Waals surface area contributed by atoms with Crippen LogP contribution < -0.4 is 10.1 Å². The van der Waals surface area contributed by atoms with Gasteiger partial charge in [-0.3, -0.25) is 4.79 Å². The maximum absolute atomic E-state index is 13.5. The minimum atomic E-state index is -0.425. The highest BCUT2D eigenvalue weighted by atomic mass is 32.1. The fraction of sp³-hybridized carbons (Fsp3) is 0.207. The number of rotatable bonds is 9. The second-order valence-electron chi connectivity index (χ2n) is 8.62. The summed E-state index contributed by atoms with van der Waals surface area (Å²) in [5.41, 5.74) is 4.63. The number of aromatic nitrogens is 1. The standard InChI is InChI=1S/C29H28N2O3S/c1-2-13-34-27-12-11-19(25-18-35-28-10-6-4-8-23(25)28)15-24(27)29(33)31-21(17-32)14-20-16-30-26-9-5-3-7-22(20)26/h3-12,15-16,18,21,30,32H,2,13-14,17H2,1H3,(H,31,33)/t21-/m1/s1. The number of benzene rings is 3. The quantitative estimate of drug-likeness (QED) is 0.234. The van der Waals surface area contributed by atoms with Crippen molar-refractivity contribution in [3.8, 4) is 16.9 Å². The summed E-state index contributed by atoms with van der Waals surface area (Å²) in [5, 5.41) is 17.5. The van der Waals surface area contributed by atoms with E-state index in [9.17, 15) is 9.90 Å². The van der Waals surface area contributed by atoms with Crippen LogP contribution in [0.15, 0.2) is 78.3 Å². The molecule has 178 valence electrons. The molecule has 0 radical (unpaired) electrons. The Labute approximate surface area is 208 Å². The lowest BCUT2D eigenvalue weighted by atomic mass is 10.0. The fourth-order valence-corrected chi connectivity index (χ4v) is 5.37. The zero-order chi connectivity index (χ0) is 24.2. The van der Waals surface area contributed by atoms with Gasteiger partial charge in [0.15, 0.2) is 0 Å². The van der Waals surface area contributed by atoms with Crippen LogP contribution in [-0.4, -0.2) is 35.3 Å². The minimum Gasteiger partial charge on any atom is -0.493 e. The van der Waals surface area contributed by atoms with Gasteiger partial charge < -0.3 is 20.1 Å². The maximum atomic E-state index is 13.5. The SMILES string of the molecule is CCCOc1ccc(-c2csc3ccccc23)cc1C(=O)N[C@@H](CO)Cc1c[nH]c2ccccc12. The van der Waals surface area contributed by atoms with Gasteiger partial charge in [0, 0.05) is 32.7 Å². The number of carbonyl (C=O) groups excluding carboxylic acids is 1. The molecule has 3 aromatic carbocycles. The smallest absolute Gasteiger partial charge is 0.255 e. The van der Waals surface area contributed by atoms with Gasteiger partial charge in [-0.1, -0.05) is 49.4 Å². The Balaban J connectivity index is 1.44. The van der Waals surface area contributed by atoms with E-state index in [0.717, 1.165) is 34.0 Å². The predicted octanol–water partition coefficient (Wildman–Crippen LogP) is 6.17. The topological polar surface area (TPSA) is 74.3 Å². The molecule has 0 bridgehead atoms. The first-order valence-electron chi connectivity index (χ1n) is 11.9. The van der Waals surface area contributed by atoms with Crippen LogP contribution in [-0.2, 0) is 6.42 Å². The molecule has 6 heteroatoms. The number of fused-ring (bicyclic) bond motifs is 2. The molecule has 0 fully saturated rings. The summed E-state index contributed by atoms with van der Waals surface area (Å²) in [5.74, 6) is 0.299. The Morgan fingerprint density at radius 1 is 1.09 bits per heavy atom. The molecule has 3 N–H and O–H groups in total. The minimum absolute atomic E-state index is 0.161. The van der Waals surface area contributed by atoms with Gasteiger partial charge in [-0.2, -0.15) is 0 Å². The van der Waals surface area contributed by atoms with Crippen molar-refractivity contribution in [1.82, 2.24) is 10.3 Å². The van der Waals surface area contributed by atoms with Crippen molar-refractivity contribution in [2.45, 2.75) is 25.8 Å². The molecular formula is C29H28N2O3S. The number of hydrogen-bond donors (Lipinski definition) is 3. The lowest BCUT2D eigenvalue weighted by Gasteiger charge is -2.18. The van der Waals surface area contributed by atoms with E-state index >= 15 is 0 Å². The van der Waals surface area contributed by atoms with Crippen LogP contribution in [0.25, 0.3) is 32.1 Å². The molecule has 2 heterocycles. The number of amides is 1. The number of aliphatic hydroxyl groups is 1. The zero-order valence-corrected chi connectivity index (χ0v) is 20.4. The van der Waals surface area contributed by atoms with Gasteiger partial charge in [-0.15, -0.1) is 11.3 Å². The van der Waals surface area contributed by atoms with Crippen LogP contribution in [0.4, 0.5) is 0 Å². The van der Waals surface area contributed by atoms with Gasteiger partial charge in [-0.25, -0.2) is 0 Å². The van der Waals surface area contributed by atoms with Crippen LogP contribution >= 0.6 is 11.3 Å². The zero-order valence-electron chi connectivity index (χ0n) is 19.6. The number of aliphatic hydroxyl groups excluding tert-OH is 1. The van der Waals surface area contributed by atoms with E-state index in [2.05, 4.69) is 27.8 Å². The van der Waals surface area contributed by atoms with E-state index in [0.29, 0.717) is 24.3 Å². The van der Waals surface area contributed by atoms with Crippen molar-refractivity contribution in [2.75, 3.05) is 13.2 Å². The highest BCUT2D eigenvalue weighted by Gasteiger charge is 2.20. The Morgan fingerprint density at radius 2 is 1.89 bits per heavy atom. The van der Waals surface area contributed by atoms with Crippen molar-refractivity contribution >= 4 is 38.2 Å². The summed E-state index contributed by atoms with van der Waals surface area (Å²) in [4.78, 5) is 16.7. The number of aromatic amines is 1. The molecule has 2 aromatic heterocycles. The second kappa shape index (κ2) is 10.3. The van der Waals surface area contributed by atoms with Gasteiger partial charge in [0.05, 0.1) is 24.8 Å². The summed E-state index contributed by atoms with van der Waals surface area (Å²) in [6.45, 7) is 2.40. The molecule has 0 saturated carbocycles. The first-order chi connectivity index (χ1) is 17.2. The fourth-order valence-electron chi connectivity index (χ4n) is 4.40. The Hall–Kier alpha value is -3.61. The van der Waals surface area contributed by atoms with Gasteiger partial charge >= 0.3 is 0 Å². The number of para-hydroxylation sites is 1. The van der Waals surface area contributed by atoms with Crippen molar-refractivity contribution in [2.24, 2.45) is 0 Å². The molecular weight excluding hydrogens is 456 g/mol. The lowest BCUT2D eigenvalue weighted by Crippen LogP contribution is -2.39. The van der Waals surface area contributed by atoms with E-state index in [1.807, 2.05) is 67.7 Å². The van der Waals surface area contributed by atoms with E-state index in [1.54, 1.807) is 11.3 Å². The van der Waals surface area contributed by atoms with E-state index in [4.69, 9.17) is 4.74 Å². The van der Waals surface area contributed by atoms with Gasteiger partial charge in [-0.05, 0) is 53.6 Å². The molecule has 0 aliphatic rings. The second-order valence-corrected chi connectivity index (χ2v) is 9.53. The van der Waals surface area contributed by atoms with Gasteiger partial charge in [0.2, 0.25) is 0 Å². The molecule has 0 saturated heterocycles. The summed E-state index contributed by atoms with van der Waals surface area (Å²) >= 11 is 1.69. The molecule has 0 unspecified atom stereocenters. The van der Waals surface area contributed by atoms with E-state index < -0.39 is 6.04 Å². The van der Waals surface area contributed by atoms with Crippen LogP contribution in [0.3, 0.4) is 0 Å². The molecule has 0 aliphatic carbocycles. The van der Waals surface area contributed by atoms with Gasteiger partial charge in [0.1, 0.15) is 5.75 Å². The Morgan fingerprint density at radius 3 is 2.71 bits per heavy atom. The van der Waals surface area contributed by atoms with E-state index in [-0.39, 0.29) is 12.5 Å². The first-order valence-corrected chi connectivity index (χ1v) is 12.8. The summed E-state index contributed by atoms with van der Waals surface area (Å²) in [6.07, 6.45) is 3.31. The number of H-pyrrole nitrogens is 1. The maximum Gasteiger partial charge on any atom is 0.255 e. The van der Waals surface area contributed by atoms with Crippen molar-refractivity contribution in [1.29, 1.82) is 0 Å². The monoisotopic (exact) mass is 484 g/mol. The third-order valence-electron chi connectivity index (χ3n) is 6.17. The highest BCUT2D eigenvalue weighted by Crippen LogP contribution is 2.36. The van der Waals surface area contributed by atoms with Crippen LogP contribution in [0, 0.1) is 0 Å². The predicted molar refractivity (Wildman–Crippen MR) is 143 cm³/mol. The third-order valence-corrected chi connectivity index (χ3v) is 7.14. The molecule has 0 spiro atoms. The average Bonchev–Trinajstić information content (AvgIpc) is 3.51. The largest absolute Gasteiger partial charge is 0.493 e. The highest BCUT2D eigenvalue weighted by molar-refractivity contribution is 7.17. The van der Waals surface area contributed by atoms with Crippen LogP contribution in [0.5, 0.6) is 5.75 Å². The molecule has 1 amide bonds. The number of thiophene rings is 1. The van der Waals surface area contributed by atoms with Crippen molar-refractivity contribution < 1.29 is 14.6 Å². The van der Waals surface area contributed by atoms with Crippen molar-refractivity contribution in [3.05, 3.63) is 89.4 Å². The normalized spacial score (nSPS) is 12.2.